The Hall–Kier alpha value is -1.29. The first kappa shape index (κ1) is 8.80. The highest BCUT2D eigenvalue weighted by molar-refractivity contribution is 5.53. The minimum Gasteiger partial charge on any atom is -0.399 e. The van der Waals surface area contributed by atoms with Crippen LogP contribution in [0.4, 0.5) is 15.8 Å². The maximum absolute atomic E-state index is 12.7. The molecule has 0 radical (unpaired) electrons. The Morgan fingerprint density at radius 3 is 2.50 bits per heavy atom. The van der Waals surface area contributed by atoms with Crippen molar-refractivity contribution in [2.75, 3.05) is 25.3 Å². The highest BCUT2D eigenvalue weighted by Crippen LogP contribution is 2.15. The van der Waals surface area contributed by atoms with Gasteiger partial charge < -0.3 is 11.2 Å². The zero-order valence-electron chi connectivity index (χ0n) is 7.13. The number of rotatable bonds is 2. The van der Waals surface area contributed by atoms with Gasteiger partial charge in [0.25, 0.3) is 0 Å². The summed E-state index contributed by atoms with van der Waals surface area (Å²) in [6.07, 6.45) is 0. The standard InChI is InChI=1S/C8H12FN3/c1-12(2)11-8-4-6(9)3-7(10)5-8/h3-5,11H,10H2,1-2H3. The second kappa shape index (κ2) is 3.40. The van der Waals surface area contributed by atoms with E-state index in [1.807, 2.05) is 14.1 Å². The van der Waals surface area contributed by atoms with E-state index in [2.05, 4.69) is 5.43 Å². The third-order valence-corrected chi connectivity index (χ3v) is 1.27. The molecule has 12 heavy (non-hydrogen) atoms. The average Bonchev–Trinajstić information content (AvgIpc) is 1.81. The number of hydrogen-bond acceptors (Lipinski definition) is 3. The summed E-state index contributed by atoms with van der Waals surface area (Å²) < 4.78 is 12.7. The van der Waals surface area contributed by atoms with Crippen LogP contribution in [0.15, 0.2) is 18.2 Å². The van der Waals surface area contributed by atoms with Gasteiger partial charge in [-0.1, -0.05) is 0 Å². The van der Waals surface area contributed by atoms with Crippen LogP contribution in [0.5, 0.6) is 0 Å². The fourth-order valence-corrected chi connectivity index (χ4v) is 0.935. The van der Waals surface area contributed by atoms with E-state index in [0.717, 1.165) is 0 Å². The summed E-state index contributed by atoms with van der Waals surface area (Å²) in [4.78, 5) is 0. The van der Waals surface area contributed by atoms with E-state index in [4.69, 9.17) is 5.73 Å². The first-order valence-corrected chi connectivity index (χ1v) is 3.58. The van der Waals surface area contributed by atoms with Gasteiger partial charge in [-0.2, -0.15) is 0 Å². The van der Waals surface area contributed by atoms with Crippen molar-refractivity contribution in [1.82, 2.24) is 5.01 Å². The van der Waals surface area contributed by atoms with E-state index in [1.54, 1.807) is 11.1 Å². The van der Waals surface area contributed by atoms with Crippen LogP contribution in [0, 0.1) is 5.82 Å². The van der Waals surface area contributed by atoms with Crippen molar-refractivity contribution in [2.24, 2.45) is 0 Å². The largest absolute Gasteiger partial charge is 0.399 e. The van der Waals surface area contributed by atoms with E-state index in [9.17, 15) is 4.39 Å². The van der Waals surface area contributed by atoms with Crippen LogP contribution in [0.25, 0.3) is 0 Å². The summed E-state index contributed by atoms with van der Waals surface area (Å²) in [5, 5.41) is 1.72. The third kappa shape index (κ3) is 2.39. The molecule has 0 spiro atoms. The van der Waals surface area contributed by atoms with Crippen LogP contribution < -0.4 is 11.2 Å². The molecular formula is C8H12FN3. The van der Waals surface area contributed by atoms with Gasteiger partial charge in [-0.25, -0.2) is 9.40 Å². The van der Waals surface area contributed by atoms with Crippen LogP contribution in [0.3, 0.4) is 0 Å². The van der Waals surface area contributed by atoms with Crippen LogP contribution in [0.2, 0.25) is 0 Å². The molecule has 4 heteroatoms. The number of nitrogens with two attached hydrogens (primary N) is 1. The highest BCUT2D eigenvalue weighted by atomic mass is 19.1. The van der Waals surface area contributed by atoms with Crippen molar-refractivity contribution in [3.05, 3.63) is 24.0 Å². The second-order valence-electron chi connectivity index (χ2n) is 2.78. The van der Waals surface area contributed by atoms with E-state index < -0.39 is 0 Å². The molecule has 3 N–H and O–H groups in total. The summed E-state index contributed by atoms with van der Waals surface area (Å²) >= 11 is 0. The van der Waals surface area contributed by atoms with Gasteiger partial charge in [-0.3, -0.25) is 0 Å². The predicted molar refractivity (Wildman–Crippen MR) is 48.1 cm³/mol. The third-order valence-electron chi connectivity index (χ3n) is 1.27. The molecule has 3 nitrogen and oxygen atoms in total. The lowest BCUT2D eigenvalue weighted by atomic mass is 10.3. The van der Waals surface area contributed by atoms with Crippen LogP contribution in [-0.4, -0.2) is 19.1 Å². The number of nitrogen functional groups attached to an aromatic ring is 1. The molecule has 66 valence electrons. The molecule has 0 saturated heterocycles. The first-order valence-electron chi connectivity index (χ1n) is 3.58. The molecule has 0 aromatic heterocycles. The molecule has 0 unspecified atom stereocenters. The molecule has 0 aliphatic heterocycles. The molecule has 0 aliphatic carbocycles. The summed E-state index contributed by atoms with van der Waals surface area (Å²) in [7, 11) is 3.64. The Kier molecular flexibility index (Phi) is 2.50. The Balaban J connectivity index is 2.85. The Morgan fingerprint density at radius 2 is 2.00 bits per heavy atom. The number of anilines is 2. The zero-order chi connectivity index (χ0) is 9.14. The lowest BCUT2D eigenvalue weighted by Gasteiger charge is -2.13. The van der Waals surface area contributed by atoms with Crippen molar-refractivity contribution in [2.45, 2.75) is 0 Å². The fraction of sp³-hybridized carbons (Fsp3) is 0.250. The Labute approximate surface area is 70.9 Å². The van der Waals surface area contributed by atoms with Crippen molar-refractivity contribution in [1.29, 1.82) is 0 Å². The smallest absolute Gasteiger partial charge is 0.127 e. The van der Waals surface area contributed by atoms with Gasteiger partial charge in [0.05, 0.1) is 5.69 Å². The molecule has 0 heterocycles. The number of benzene rings is 1. The minimum absolute atomic E-state index is 0.334. The SMILES string of the molecule is CN(C)Nc1cc(N)cc(F)c1. The van der Waals surface area contributed by atoms with Gasteiger partial charge in [0.2, 0.25) is 0 Å². The normalized spacial score (nSPS) is 10.3. The molecule has 0 aliphatic rings. The van der Waals surface area contributed by atoms with Crippen LogP contribution in [0.1, 0.15) is 0 Å². The number of nitrogens with zero attached hydrogens (tertiary/aromatic N) is 1. The highest BCUT2D eigenvalue weighted by Gasteiger charge is 1.97. The van der Waals surface area contributed by atoms with Gasteiger partial charge >= 0.3 is 0 Å². The van der Waals surface area contributed by atoms with Crippen molar-refractivity contribution >= 4 is 11.4 Å². The van der Waals surface area contributed by atoms with Gasteiger partial charge in [-0.15, -0.1) is 0 Å². The quantitative estimate of drug-likeness (QED) is 0.518. The molecule has 1 rings (SSSR count). The van der Waals surface area contributed by atoms with E-state index in [0.29, 0.717) is 11.4 Å². The minimum atomic E-state index is -0.334. The maximum atomic E-state index is 12.7. The monoisotopic (exact) mass is 169 g/mol. The topological polar surface area (TPSA) is 41.3 Å². The predicted octanol–water partition coefficient (Wildman–Crippen LogP) is 1.30. The van der Waals surface area contributed by atoms with Crippen molar-refractivity contribution < 1.29 is 4.39 Å². The zero-order valence-corrected chi connectivity index (χ0v) is 7.13. The van der Waals surface area contributed by atoms with E-state index >= 15 is 0 Å². The number of hydrogen-bond donors (Lipinski definition) is 2. The van der Waals surface area contributed by atoms with Gasteiger partial charge in [0, 0.05) is 19.8 Å². The van der Waals surface area contributed by atoms with Crippen LogP contribution in [-0.2, 0) is 0 Å². The number of hydrazine groups is 1. The summed E-state index contributed by atoms with van der Waals surface area (Å²) in [6, 6.07) is 4.33. The second-order valence-corrected chi connectivity index (χ2v) is 2.78. The van der Waals surface area contributed by atoms with Gasteiger partial charge in [-0.05, 0) is 18.2 Å². The summed E-state index contributed by atoms with van der Waals surface area (Å²) in [5.41, 5.74) is 9.40. The molecule has 0 fully saturated rings. The first-order chi connectivity index (χ1) is 5.58. The number of halogens is 1. The molecular weight excluding hydrogens is 157 g/mol. The molecule has 0 atom stereocenters. The lowest BCUT2D eigenvalue weighted by molar-refractivity contribution is 0.494. The Morgan fingerprint density at radius 1 is 1.33 bits per heavy atom. The average molecular weight is 169 g/mol. The molecule has 0 bridgehead atoms. The van der Waals surface area contributed by atoms with Crippen molar-refractivity contribution in [3.8, 4) is 0 Å². The fourth-order valence-electron chi connectivity index (χ4n) is 0.935. The van der Waals surface area contributed by atoms with Crippen molar-refractivity contribution in [3.63, 3.8) is 0 Å². The summed E-state index contributed by atoms with van der Waals surface area (Å²) in [5.74, 6) is -0.334. The summed E-state index contributed by atoms with van der Waals surface area (Å²) in [6.45, 7) is 0. The van der Waals surface area contributed by atoms with Gasteiger partial charge in [0.15, 0.2) is 0 Å². The van der Waals surface area contributed by atoms with Gasteiger partial charge in [0.1, 0.15) is 5.82 Å². The molecule has 1 aromatic carbocycles. The molecule has 0 saturated carbocycles. The molecule has 0 amide bonds. The maximum Gasteiger partial charge on any atom is 0.127 e. The number of nitrogens with one attached hydrogen (secondary N) is 1. The van der Waals surface area contributed by atoms with E-state index in [-0.39, 0.29) is 5.82 Å². The lowest BCUT2D eigenvalue weighted by Crippen LogP contribution is -2.19. The molecule has 1 aromatic rings. The van der Waals surface area contributed by atoms with E-state index in [1.165, 1.54) is 12.1 Å². The van der Waals surface area contributed by atoms with Crippen LogP contribution >= 0.6 is 0 Å². The Bertz CT molecular complexity index is 253.